The third-order valence-electron chi connectivity index (χ3n) is 3.43. The lowest BCUT2D eigenvalue weighted by Gasteiger charge is -1.96. The minimum Gasteiger partial charge on any atom is -0.267 e. The predicted molar refractivity (Wildman–Crippen MR) is 82.7 cm³/mol. The second-order valence-corrected chi connectivity index (χ2v) is 4.98. The molecular weight excluding hydrogens is 304 g/mol. The Balaban J connectivity index is 2.10. The van der Waals surface area contributed by atoms with Gasteiger partial charge in [0, 0.05) is 24.6 Å². The van der Waals surface area contributed by atoms with Gasteiger partial charge in [-0.3, -0.25) is 14.8 Å². The Labute approximate surface area is 129 Å². The number of halogens is 2. The van der Waals surface area contributed by atoms with Crippen molar-refractivity contribution in [2.24, 2.45) is 7.05 Å². The molecule has 0 aliphatic heterocycles. The lowest BCUT2D eigenvalue weighted by Crippen LogP contribution is -1.94. The average Bonchev–Trinajstić information content (AvgIpc) is 2.80. The third kappa shape index (κ3) is 2.80. The van der Waals surface area contributed by atoms with Crippen molar-refractivity contribution in [3.8, 4) is 0 Å². The molecule has 1 aromatic heterocycles. The van der Waals surface area contributed by atoms with Crippen LogP contribution in [0.25, 0.3) is 23.1 Å². The van der Waals surface area contributed by atoms with Crippen LogP contribution >= 0.6 is 0 Å². The van der Waals surface area contributed by atoms with Gasteiger partial charge in [0.05, 0.1) is 16.1 Å². The first-order valence-electron chi connectivity index (χ1n) is 6.70. The molecule has 7 heteroatoms. The summed E-state index contributed by atoms with van der Waals surface area (Å²) in [4.78, 5) is 10.1. The van der Waals surface area contributed by atoms with Crippen LogP contribution in [-0.4, -0.2) is 14.7 Å². The van der Waals surface area contributed by atoms with Crippen LogP contribution in [0.3, 0.4) is 0 Å². The molecule has 0 fully saturated rings. The molecule has 0 bridgehead atoms. The average molecular weight is 315 g/mol. The maximum Gasteiger partial charge on any atom is 0.305 e. The first kappa shape index (κ1) is 14.8. The highest BCUT2D eigenvalue weighted by Gasteiger charge is 2.18. The first-order chi connectivity index (χ1) is 11.0. The highest BCUT2D eigenvalue weighted by molar-refractivity contribution is 5.91. The second kappa shape index (κ2) is 5.60. The number of nitro benzene ring substituents is 1. The van der Waals surface area contributed by atoms with Gasteiger partial charge in [-0.05, 0) is 23.8 Å². The number of hydrogen-bond acceptors (Lipinski definition) is 3. The summed E-state index contributed by atoms with van der Waals surface area (Å²) in [5, 5.41) is 15.5. The van der Waals surface area contributed by atoms with Crippen molar-refractivity contribution < 1.29 is 13.7 Å². The maximum absolute atomic E-state index is 13.7. The smallest absolute Gasteiger partial charge is 0.267 e. The summed E-state index contributed by atoms with van der Waals surface area (Å²) in [6.07, 6.45) is 3.25. The quantitative estimate of drug-likeness (QED) is 0.543. The van der Waals surface area contributed by atoms with Gasteiger partial charge in [0.25, 0.3) is 0 Å². The van der Waals surface area contributed by atoms with E-state index in [-0.39, 0.29) is 5.82 Å². The Morgan fingerprint density at radius 3 is 2.70 bits per heavy atom. The lowest BCUT2D eigenvalue weighted by atomic mass is 10.1. The van der Waals surface area contributed by atoms with Gasteiger partial charge in [-0.2, -0.15) is 9.49 Å². The van der Waals surface area contributed by atoms with Crippen LogP contribution in [0.15, 0.2) is 36.4 Å². The second-order valence-electron chi connectivity index (χ2n) is 4.98. The van der Waals surface area contributed by atoms with Crippen molar-refractivity contribution in [1.82, 2.24) is 9.78 Å². The Hall–Kier alpha value is -3.09. The van der Waals surface area contributed by atoms with Crippen LogP contribution in [-0.2, 0) is 7.05 Å². The van der Waals surface area contributed by atoms with Crippen LogP contribution in [0, 0.1) is 21.7 Å². The fourth-order valence-electron chi connectivity index (χ4n) is 2.34. The van der Waals surface area contributed by atoms with E-state index in [0.29, 0.717) is 22.2 Å². The molecule has 0 saturated heterocycles. The fraction of sp³-hybridized carbons (Fsp3) is 0.0625. The number of benzene rings is 2. The van der Waals surface area contributed by atoms with E-state index in [1.54, 1.807) is 31.3 Å². The standard InChI is InChI=1S/C16H11F2N3O2/c1-20-15-9-13(18)16(21(22)23)8-12(15)14(19-20)6-5-10-3-2-4-11(17)7-10/h2-9H,1H3/b6-5+. The Kier molecular flexibility index (Phi) is 3.61. The van der Waals surface area contributed by atoms with Gasteiger partial charge in [-0.25, -0.2) is 4.39 Å². The van der Waals surface area contributed by atoms with Gasteiger partial charge in [0.2, 0.25) is 5.82 Å². The number of aromatic nitrogens is 2. The molecule has 0 atom stereocenters. The number of nitrogens with zero attached hydrogens (tertiary/aromatic N) is 3. The summed E-state index contributed by atoms with van der Waals surface area (Å²) in [6.45, 7) is 0. The van der Waals surface area contributed by atoms with E-state index in [9.17, 15) is 18.9 Å². The molecule has 3 rings (SSSR count). The summed E-state index contributed by atoms with van der Waals surface area (Å²) in [6, 6.07) is 8.21. The summed E-state index contributed by atoms with van der Waals surface area (Å²) >= 11 is 0. The van der Waals surface area contributed by atoms with Crippen molar-refractivity contribution in [1.29, 1.82) is 0 Å². The van der Waals surface area contributed by atoms with Gasteiger partial charge in [0.1, 0.15) is 5.82 Å². The van der Waals surface area contributed by atoms with E-state index >= 15 is 0 Å². The van der Waals surface area contributed by atoms with Crippen molar-refractivity contribution in [2.45, 2.75) is 0 Å². The number of hydrogen-bond donors (Lipinski definition) is 0. The van der Waals surface area contributed by atoms with Crippen LogP contribution in [0.1, 0.15) is 11.3 Å². The van der Waals surface area contributed by atoms with Gasteiger partial charge >= 0.3 is 5.69 Å². The molecule has 1 heterocycles. The van der Waals surface area contributed by atoms with E-state index in [1.807, 2.05) is 0 Å². The van der Waals surface area contributed by atoms with Crippen molar-refractivity contribution in [2.75, 3.05) is 0 Å². The van der Waals surface area contributed by atoms with E-state index in [2.05, 4.69) is 5.10 Å². The van der Waals surface area contributed by atoms with E-state index in [1.165, 1.54) is 16.8 Å². The molecule has 0 N–H and O–H groups in total. The monoisotopic (exact) mass is 315 g/mol. The van der Waals surface area contributed by atoms with Crippen molar-refractivity contribution in [3.05, 3.63) is 69.4 Å². The van der Waals surface area contributed by atoms with Gasteiger partial charge in [0.15, 0.2) is 0 Å². The summed E-state index contributed by atoms with van der Waals surface area (Å²) in [5.41, 5.74) is 0.896. The first-order valence-corrected chi connectivity index (χ1v) is 6.70. The molecule has 23 heavy (non-hydrogen) atoms. The molecule has 0 spiro atoms. The highest BCUT2D eigenvalue weighted by Crippen LogP contribution is 2.27. The van der Waals surface area contributed by atoms with Gasteiger partial charge < -0.3 is 0 Å². The molecule has 2 aromatic carbocycles. The molecule has 0 amide bonds. The zero-order valence-corrected chi connectivity index (χ0v) is 12.0. The molecule has 5 nitrogen and oxygen atoms in total. The Bertz CT molecular complexity index is 948. The molecular formula is C16H11F2N3O2. The van der Waals surface area contributed by atoms with E-state index < -0.39 is 16.4 Å². The summed E-state index contributed by atoms with van der Waals surface area (Å²) in [5.74, 6) is -1.28. The third-order valence-corrected chi connectivity index (χ3v) is 3.43. The van der Waals surface area contributed by atoms with Crippen molar-refractivity contribution in [3.63, 3.8) is 0 Å². The summed E-state index contributed by atoms with van der Waals surface area (Å²) < 4.78 is 28.3. The van der Waals surface area contributed by atoms with Crippen LogP contribution in [0.2, 0.25) is 0 Å². The van der Waals surface area contributed by atoms with E-state index in [0.717, 1.165) is 12.1 Å². The molecule has 0 unspecified atom stereocenters. The van der Waals surface area contributed by atoms with Crippen molar-refractivity contribution >= 4 is 28.7 Å². The molecule has 3 aromatic rings. The van der Waals surface area contributed by atoms with Crippen LogP contribution in [0.5, 0.6) is 0 Å². The molecule has 116 valence electrons. The Morgan fingerprint density at radius 2 is 2.00 bits per heavy atom. The molecule has 0 saturated carbocycles. The maximum atomic E-state index is 13.7. The minimum atomic E-state index is -0.911. The molecule has 0 aliphatic rings. The normalized spacial score (nSPS) is 11.4. The molecule has 0 aliphatic carbocycles. The zero-order valence-electron chi connectivity index (χ0n) is 12.0. The number of nitro groups is 1. The number of rotatable bonds is 3. The lowest BCUT2D eigenvalue weighted by molar-refractivity contribution is -0.387. The topological polar surface area (TPSA) is 61.0 Å². The largest absolute Gasteiger partial charge is 0.305 e. The SMILES string of the molecule is Cn1nc(/C=C/c2cccc(F)c2)c2cc([N+](=O)[O-])c(F)cc21. The van der Waals surface area contributed by atoms with Gasteiger partial charge in [-0.1, -0.05) is 18.2 Å². The summed E-state index contributed by atoms with van der Waals surface area (Å²) in [7, 11) is 1.62. The Morgan fingerprint density at radius 1 is 1.22 bits per heavy atom. The number of fused-ring (bicyclic) bond motifs is 1. The van der Waals surface area contributed by atoms with E-state index in [4.69, 9.17) is 0 Å². The van der Waals surface area contributed by atoms with Crippen LogP contribution in [0.4, 0.5) is 14.5 Å². The number of aryl methyl sites for hydroxylation is 1. The fourth-order valence-corrected chi connectivity index (χ4v) is 2.34. The predicted octanol–water partition coefficient (Wildman–Crippen LogP) is 3.93. The van der Waals surface area contributed by atoms with Gasteiger partial charge in [-0.15, -0.1) is 0 Å². The van der Waals surface area contributed by atoms with Crippen LogP contribution < -0.4 is 0 Å². The minimum absolute atomic E-state index is 0.365. The highest BCUT2D eigenvalue weighted by atomic mass is 19.1. The zero-order chi connectivity index (χ0) is 16.6. The molecule has 0 radical (unpaired) electrons.